The van der Waals surface area contributed by atoms with Gasteiger partial charge in [0, 0.05) is 6.20 Å². The monoisotopic (exact) mass is 273 g/mol. The van der Waals surface area contributed by atoms with Gasteiger partial charge < -0.3 is 15.5 Å². The van der Waals surface area contributed by atoms with Crippen molar-refractivity contribution in [1.82, 2.24) is 9.97 Å². The van der Waals surface area contributed by atoms with E-state index >= 15 is 0 Å². The van der Waals surface area contributed by atoms with Crippen molar-refractivity contribution >= 4 is 11.9 Å². The second-order valence-corrected chi connectivity index (χ2v) is 4.28. The topological polar surface area (TPSA) is 95.3 Å². The third-order valence-electron chi connectivity index (χ3n) is 2.75. The molecule has 0 bridgehead atoms. The Kier molecular flexibility index (Phi) is 4.62. The Bertz CT molecular complexity index is 575. The Morgan fingerprint density at radius 1 is 1.25 bits per heavy atom. The Balaban J connectivity index is 2.06. The summed E-state index contributed by atoms with van der Waals surface area (Å²) in [6, 6.07) is 10.7. The van der Waals surface area contributed by atoms with E-state index in [0.717, 1.165) is 5.56 Å². The van der Waals surface area contributed by atoms with E-state index in [0.29, 0.717) is 6.42 Å². The molecule has 6 nitrogen and oxygen atoms in total. The van der Waals surface area contributed by atoms with Gasteiger partial charge in [-0.25, -0.2) is 14.8 Å². The highest BCUT2D eigenvalue weighted by Gasteiger charge is 2.12. The number of rotatable bonds is 6. The first-order valence-electron chi connectivity index (χ1n) is 6.16. The van der Waals surface area contributed by atoms with Crippen molar-refractivity contribution in [3.8, 4) is 0 Å². The molecule has 20 heavy (non-hydrogen) atoms. The van der Waals surface area contributed by atoms with Crippen molar-refractivity contribution in [3.05, 3.63) is 53.9 Å². The van der Waals surface area contributed by atoms with Gasteiger partial charge in [0.05, 0.1) is 12.6 Å². The highest BCUT2D eigenvalue weighted by Crippen LogP contribution is 2.08. The van der Waals surface area contributed by atoms with E-state index in [9.17, 15) is 9.90 Å². The largest absolute Gasteiger partial charge is 0.477 e. The van der Waals surface area contributed by atoms with Crippen molar-refractivity contribution in [1.29, 1.82) is 0 Å². The van der Waals surface area contributed by atoms with Crippen LogP contribution in [0.5, 0.6) is 0 Å². The number of nitrogens with zero attached hydrogens (tertiary/aromatic N) is 2. The zero-order valence-electron chi connectivity index (χ0n) is 10.7. The molecule has 1 aromatic heterocycles. The molecule has 0 spiro atoms. The van der Waals surface area contributed by atoms with Gasteiger partial charge in [0.25, 0.3) is 0 Å². The maximum absolute atomic E-state index is 10.8. The summed E-state index contributed by atoms with van der Waals surface area (Å²) in [6.07, 6.45) is 1.97. The molecule has 0 amide bonds. The van der Waals surface area contributed by atoms with E-state index < -0.39 is 5.97 Å². The van der Waals surface area contributed by atoms with Gasteiger partial charge in [0.15, 0.2) is 5.69 Å². The van der Waals surface area contributed by atoms with Gasteiger partial charge in [-0.05, 0) is 18.1 Å². The number of anilines is 1. The predicted molar refractivity (Wildman–Crippen MR) is 73.6 cm³/mol. The number of hydrogen-bond donors (Lipinski definition) is 3. The summed E-state index contributed by atoms with van der Waals surface area (Å²) >= 11 is 0. The van der Waals surface area contributed by atoms with E-state index in [1.165, 1.54) is 12.3 Å². The van der Waals surface area contributed by atoms with Crippen LogP contribution in [0.2, 0.25) is 0 Å². The van der Waals surface area contributed by atoms with Gasteiger partial charge >= 0.3 is 5.97 Å². The molecule has 1 aromatic carbocycles. The lowest BCUT2D eigenvalue weighted by Gasteiger charge is -2.16. The fraction of sp³-hybridized carbons (Fsp3) is 0.214. The number of aliphatic hydroxyl groups excluding tert-OH is 1. The summed E-state index contributed by atoms with van der Waals surface area (Å²) in [5.74, 6) is -0.918. The second kappa shape index (κ2) is 6.63. The van der Waals surface area contributed by atoms with Crippen molar-refractivity contribution in [2.45, 2.75) is 12.5 Å². The van der Waals surface area contributed by atoms with Crippen LogP contribution in [0.4, 0.5) is 5.95 Å². The van der Waals surface area contributed by atoms with Gasteiger partial charge in [-0.3, -0.25) is 0 Å². The number of carbonyl (C=O) groups is 1. The van der Waals surface area contributed by atoms with Crippen LogP contribution in [0.3, 0.4) is 0 Å². The fourth-order valence-corrected chi connectivity index (χ4v) is 1.79. The molecular weight excluding hydrogens is 258 g/mol. The Hall–Kier alpha value is -2.47. The van der Waals surface area contributed by atoms with Gasteiger partial charge in [-0.2, -0.15) is 0 Å². The van der Waals surface area contributed by atoms with E-state index in [2.05, 4.69) is 15.3 Å². The SMILES string of the molecule is O=C(O)c1ccnc(NC(CO)Cc2ccccc2)n1. The maximum Gasteiger partial charge on any atom is 0.354 e. The van der Waals surface area contributed by atoms with Crippen LogP contribution in [0.15, 0.2) is 42.6 Å². The Labute approximate surface area is 116 Å². The van der Waals surface area contributed by atoms with E-state index in [1.807, 2.05) is 30.3 Å². The number of carboxylic acids is 1. The molecule has 2 aromatic rings. The van der Waals surface area contributed by atoms with Crippen LogP contribution in [0.25, 0.3) is 0 Å². The quantitative estimate of drug-likeness (QED) is 0.731. The fourth-order valence-electron chi connectivity index (χ4n) is 1.79. The normalized spacial score (nSPS) is 11.8. The van der Waals surface area contributed by atoms with Crippen molar-refractivity contribution in [3.63, 3.8) is 0 Å². The van der Waals surface area contributed by atoms with E-state index in [4.69, 9.17) is 5.11 Å². The third kappa shape index (κ3) is 3.76. The Morgan fingerprint density at radius 2 is 2.00 bits per heavy atom. The first-order chi connectivity index (χ1) is 9.69. The molecule has 0 aliphatic carbocycles. The molecule has 0 radical (unpaired) electrons. The first kappa shape index (κ1) is 14.0. The Morgan fingerprint density at radius 3 is 2.65 bits per heavy atom. The summed E-state index contributed by atoms with van der Waals surface area (Å²) in [5.41, 5.74) is 0.979. The molecule has 6 heteroatoms. The van der Waals surface area contributed by atoms with Crippen LogP contribution in [-0.2, 0) is 6.42 Å². The lowest BCUT2D eigenvalue weighted by molar-refractivity contribution is 0.0690. The average Bonchev–Trinajstić information content (AvgIpc) is 2.48. The number of benzene rings is 1. The van der Waals surface area contributed by atoms with E-state index in [1.54, 1.807) is 0 Å². The maximum atomic E-state index is 10.8. The molecule has 1 atom stereocenters. The smallest absolute Gasteiger partial charge is 0.354 e. The highest BCUT2D eigenvalue weighted by atomic mass is 16.4. The third-order valence-corrected chi connectivity index (χ3v) is 2.75. The van der Waals surface area contributed by atoms with Crippen LogP contribution in [-0.4, -0.2) is 38.8 Å². The second-order valence-electron chi connectivity index (χ2n) is 4.28. The minimum absolute atomic E-state index is 0.0844. The van der Waals surface area contributed by atoms with Gasteiger partial charge in [0.2, 0.25) is 5.95 Å². The molecule has 0 aliphatic heterocycles. The first-order valence-corrected chi connectivity index (χ1v) is 6.16. The van der Waals surface area contributed by atoms with E-state index in [-0.39, 0.29) is 24.3 Å². The predicted octanol–water partition coefficient (Wildman–Crippen LogP) is 1.19. The van der Waals surface area contributed by atoms with Crippen molar-refractivity contribution in [2.24, 2.45) is 0 Å². The summed E-state index contributed by atoms with van der Waals surface area (Å²) < 4.78 is 0. The highest BCUT2D eigenvalue weighted by molar-refractivity contribution is 5.85. The zero-order chi connectivity index (χ0) is 14.4. The van der Waals surface area contributed by atoms with Crippen LogP contribution in [0, 0.1) is 0 Å². The summed E-state index contributed by atoms with van der Waals surface area (Å²) in [4.78, 5) is 18.7. The average molecular weight is 273 g/mol. The molecule has 0 saturated carbocycles. The minimum atomic E-state index is -1.11. The lowest BCUT2D eigenvalue weighted by atomic mass is 10.1. The number of aromatic nitrogens is 2. The van der Waals surface area contributed by atoms with Gasteiger partial charge in [-0.15, -0.1) is 0 Å². The van der Waals surface area contributed by atoms with Gasteiger partial charge in [0.1, 0.15) is 0 Å². The molecular formula is C14H15N3O3. The van der Waals surface area contributed by atoms with Crippen LogP contribution >= 0.6 is 0 Å². The zero-order valence-corrected chi connectivity index (χ0v) is 10.7. The molecule has 3 N–H and O–H groups in total. The number of hydrogen-bond acceptors (Lipinski definition) is 5. The van der Waals surface area contributed by atoms with Crippen molar-refractivity contribution < 1.29 is 15.0 Å². The number of aromatic carboxylic acids is 1. The molecule has 1 heterocycles. The molecule has 104 valence electrons. The number of nitrogens with one attached hydrogen (secondary N) is 1. The molecule has 0 aliphatic rings. The van der Waals surface area contributed by atoms with Crippen LogP contribution < -0.4 is 5.32 Å². The summed E-state index contributed by atoms with van der Waals surface area (Å²) in [6.45, 7) is -0.102. The molecule has 0 fully saturated rings. The molecule has 2 rings (SSSR count). The van der Waals surface area contributed by atoms with Crippen LogP contribution in [0.1, 0.15) is 16.1 Å². The lowest BCUT2D eigenvalue weighted by Crippen LogP contribution is -2.27. The van der Waals surface area contributed by atoms with Gasteiger partial charge in [-0.1, -0.05) is 30.3 Å². The summed E-state index contributed by atoms with van der Waals surface area (Å²) in [5, 5.41) is 21.2. The van der Waals surface area contributed by atoms with Crippen molar-refractivity contribution in [2.75, 3.05) is 11.9 Å². The number of aliphatic hydroxyl groups is 1. The molecule has 1 unspecified atom stereocenters. The summed E-state index contributed by atoms with van der Waals surface area (Å²) in [7, 11) is 0. The molecule has 0 saturated heterocycles. The number of carboxylic acid groups (broad SMARTS) is 1. The standard InChI is InChI=1S/C14H15N3O3/c18-9-11(8-10-4-2-1-3-5-10)16-14-15-7-6-12(17-14)13(19)20/h1-7,11,18H,8-9H2,(H,19,20)(H,15,16,17). The minimum Gasteiger partial charge on any atom is -0.477 e.